The molecule has 2 aromatic carbocycles. The number of amides is 1. The smallest absolute Gasteiger partial charge is 0.407 e. The van der Waals surface area contributed by atoms with E-state index in [9.17, 15) is 14.0 Å². The first-order valence-electron chi connectivity index (χ1n) is 8.36. The second-order valence-electron chi connectivity index (χ2n) is 5.63. The molecule has 2 rings (SSSR count). The Kier molecular flexibility index (Phi) is 7.78. The first-order chi connectivity index (χ1) is 13.0. The van der Waals surface area contributed by atoms with Crippen molar-refractivity contribution in [3.63, 3.8) is 0 Å². The van der Waals surface area contributed by atoms with Gasteiger partial charge in [-0.2, -0.15) is 0 Å². The van der Waals surface area contributed by atoms with Gasteiger partial charge in [0, 0.05) is 18.2 Å². The summed E-state index contributed by atoms with van der Waals surface area (Å²) in [4.78, 5) is 22.1. The quantitative estimate of drug-likeness (QED) is 0.539. The van der Waals surface area contributed by atoms with Crippen LogP contribution in [0.3, 0.4) is 0 Å². The van der Waals surface area contributed by atoms with E-state index in [1.807, 2.05) is 36.4 Å². The Morgan fingerprint density at radius 1 is 1.11 bits per heavy atom. The van der Waals surface area contributed by atoms with E-state index in [2.05, 4.69) is 5.32 Å². The number of hydrogen-bond donors (Lipinski definition) is 2. The SMILES string of the molecule is O=C(O)/C=C/c1cc(C=CCCNC(=O)OCc2ccccc2)ccc1F. The van der Waals surface area contributed by atoms with Crippen molar-refractivity contribution in [1.82, 2.24) is 5.32 Å². The van der Waals surface area contributed by atoms with E-state index in [-0.39, 0.29) is 12.2 Å². The van der Waals surface area contributed by atoms with Crippen molar-refractivity contribution < 1.29 is 23.8 Å². The molecule has 0 saturated heterocycles. The van der Waals surface area contributed by atoms with Gasteiger partial charge in [0.15, 0.2) is 0 Å². The maximum atomic E-state index is 13.6. The van der Waals surface area contributed by atoms with E-state index < -0.39 is 17.9 Å². The maximum Gasteiger partial charge on any atom is 0.407 e. The average Bonchev–Trinajstić information content (AvgIpc) is 2.67. The van der Waals surface area contributed by atoms with Gasteiger partial charge >= 0.3 is 12.1 Å². The predicted octanol–water partition coefficient (Wildman–Crippen LogP) is 4.25. The number of rotatable bonds is 8. The molecular weight excluding hydrogens is 349 g/mol. The number of aliphatic carboxylic acids is 1. The van der Waals surface area contributed by atoms with Crippen LogP contribution < -0.4 is 5.32 Å². The van der Waals surface area contributed by atoms with Crippen LogP contribution in [0.5, 0.6) is 0 Å². The number of carboxylic acid groups (broad SMARTS) is 1. The summed E-state index contributed by atoms with van der Waals surface area (Å²) in [6, 6.07) is 13.8. The van der Waals surface area contributed by atoms with Crippen LogP contribution in [0, 0.1) is 5.82 Å². The highest BCUT2D eigenvalue weighted by atomic mass is 19.1. The molecule has 0 aliphatic carbocycles. The van der Waals surface area contributed by atoms with E-state index in [0.717, 1.165) is 17.2 Å². The number of hydrogen-bond acceptors (Lipinski definition) is 3. The second-order valence-corrected chi connectivity index (χ2v) is 5.63. The Morgan fingerprint density at radius 3 is 2.63 bits per heavy atom. The normalized spacial score (nSPS) is 11.0. The summed E-state index contributed by atoms with van der Waals surface area (Å²) in [5, 5.41) is 11.3. The van der Waals surface area contributed by atoms with Gasteiger partial charge in [-0.15, -0.1) is 0 Å². The molecule has 6 heteroatoms. The number of benzene rings is 2. The first-order valence-corrected chi connectivity index (χ1v) is 8.36. The number of carbonyl (C=O) groups is 2. The summed E-state index contributed by atoms with van der Waals surface area (Å²) in [6.45, 7) is 0.613. The summed E-state index contributed by atoms with van der Waals surface area (Å²) in [7, 11) is 0. The molecule has 0 unspecified atom stereocenters. The van der Waals surface area contributed by atoms with Crippen LogP contribution in [-0.4, -0.2) is 23.7 Å². The molecule has 1 amide bonds. The first kappa shape index (κ1) is 19.9. The average molecular weight is 369 g/mol. The number of carbonyl (C=O) groups excluding carboxylic acids is 1. The van der Waals surface area contributed by atoms with Crippen LogP contribution in [0.2, 0.25) is 0 Å². The Hall–Kier alpha value is -3.41. The highest BCUT2D eigenvalue weighted by molar-refractivity contribution is 5.85. The van der Waals surface area contributed by atoms with Gasteiger partial charge < -0.3 is 15.2 Å². The largest absolute Gasteiger partial charge is 0.478 e. The Morgan fingerprint density at radius 2 is 1.89 bits per heavy atom. The number of ether oxygens (including phenoxy) is 1. The minimum atomic E-state index is -1.14. The van der Waals surface area contributed by atoms with E-state index in [4.69, 9.17) is 9.84 Å². The van der Waals surface area contributed by atoms with Gasteiger partial charge in [-0.3, -0.25) is 0 Å². The van der Waals surface area contributed by atoms with Crippen molar-refractivity contribution in [2.45, 2.75) is 13.0 Å². The van der Waals surface area contributed by atoms with Gasteiger partial charge in [0.2, 0.25) is 0 Å². The van der Waals surface area contributed by atoms with Crippen LogP contribution in [0.4, 0.5) is 9.18 Å². The molecule has 27 heavy (non-hydrogen) atoms. The van der Waals surface area contributed by atoms with Crippen molar-refractivity contribution >= 4 is 24.2 Å². The highest BCUT2D eigenvalue weighted by Crippen LogP contribution is 2.14. The van der Waals surface area contributed by atoms with Gasteiger partial charge in [-0.25, -0.2) is 14.0 Å². The zero-order valence-electron chi connectivity index (χ0n) is 14.6. The zero-order valence-corrected chi connectivity index (χ0v) is 14.6. The Labute approximate surface area is 156 Å². The molecule has 0 bridgehead atoms. The van der Waals surface area contributed by atoms with Gasteiger partial charge in [-0.1, -0.05) is 48.6 Å². The number of carboxylic acids is 1. The lowest BCUT2D eigenvalue weighted by atomic mass is 10.1. The summed E-state index contributed by atoms with van der Waals surface area (Å²) in [5.74, 6) is -1.63. The number of nitrogens with one attached hydrogen (secondary N) is 1. The van der Waals surface area contributed by atoms with Crippen LogP contribution in [0.1, 0.15) is 23.1 Å². The molecule has 5 nitrogen and oxygen atoms in total. The molecule has 0 radical (unpaired) electrons. The molecule has 2 N–H and O–H groups in total. The topological polar surface area (TPSA) is 75.6 Å². The van der Waals surface area contributed by atoms with Crippen LogP contribution in [-0.2, 0) is 16.1 Å². The molecular formula is C21H20FNO4. The lowest BCUT2D eigenvalue weighted by molar-refractivity contribution is -0.131. The molecule has 0 spiro atoms. The predicted molar refractivity (Wildman–Crippen MR) is 101 cm³/mol. The van der Waals surface area contributed by atoms with Crippen molar-refractivity contribution in [3.8, 4) is 0 Å². The summed E-state index contributed by atoms with van der Waals surface area (Å²) in [6.07, 6.45) is 5.77. The van der Waals surface area contributed by atoms with Crippen LogP contribution in [0.25, 0.3) is 12.2 Å². The summed E-state index contributed by atoms with van der Waals surface area (Å²) < 4.78 is 18.7. The second kappa shape index (κ2) is 10.6. The maximum absolute atomic E-state index is 13.6. The Bertz CT molecular complexity index is 831. The van der Waals surface area contributed by atoms with E-state index in [0.29, 0.717) is 13.0 Å². The lowest BCUT2D eigenvalue weighted by Crippen LogP contribution is -2.24. The van der Waals surface area contributed by atoms with Crippen molar-refractivity contribution in [2.75, 3.05) is 6.54 Å². The molecule has 140 valence electrons. The third kappa shape index (κ3) is 7.56. The van der Waals surface area contributed by atoms with Crippen LogP contribution >= 0.6 is 0 Å². The molecule has 0 atom stereocenters. The fourth-order valence-corrected chi connectivity index (χ4v) is 2.21. The fraction of sp³-hybridized carbons (Fsp3) is 0.143. The third-order valence-electron chi connectivity index (χ3n) is 3.53. The molecule has 0 aliphatic rings. The van der Waals surface area contributed by atoms with Gasteiger partial charge in [0.05, 0.1) is 0 Å². The molecule has 2 aromatic rings. The summed E-state index contributed by atoms with van der Waals surface area (Å²) in [5.41, 5.74) is 1.84. The van der Waals surface area contributed by atoms with Crippen molar-refractivity contribution in [1.29, 1.82) is 0 Å². The minimum absolute atomic E-state index is 0.196. The lowest BCUT2D eigenvalue weighted by Gasteiger charge is -2.06. The Balaban J connectivity index is 1.74. The molecule has 0 fully saturated rings. The number of alkyl carbamates (subject to hydrolysis) is 1. The van der Waals surface area contributed by atoms with E-state index >= 15 is 0 Å². The third-order valence-corrected chi connectivity index (χ3v) is 3.53. The van der Waals surface area contributed by atoms with Gasteiger partial charge in [0.1, 0.15) is 12.4 Å². The monoisotopic (exact) mass is 369 g/mol. The number of halogens is 1. The van der Waals surface area contributed by atoms with Crippen molar-refractivity contribution in [3.05, 3.63) is 83.2 Å². The standard InChI is InChI=1S/C21H20FNO4/c22-19-11-9-16(14-18(19)10-12-20(24)25)6-4-5-13-23-21(26)27-15-17-7-2-1-3-8-17/h1-4,6-12,14H,5,13,15H2,(H,23,26)(H,24,25)/b6-4?,12-10+. The fourth-order valence-electron chi connectivity index (χ4n) is 2.21. The highest BCUT2D eigenvalue weighted by Gasteiger charge is 2.02. The van der Waals surface area contributed by atoms with Crippen LogP contribution in [0.15, 0.2) is 60.7 Å². The molecule has 0 aromatic heterocycles. The molecule has 0 heterocycles. The van der Waals surface area contributed by atoms with Gasteiger partial charge in [0.25, 0.3) is 0 Å². The minimum Gasteiger partial charge on any atom is -0.478 e. The molecule has 0 saturated carbocycles. The zero-order chi connectivity index (χ0) is 19.5. The summed E-state index contributed by atoms with van der Waals surface area (Å²) >= 11 is 0. The van der Waals surface area contributed by atoms with E-state index in [1.165, 1.54) is 12.1 Å². The molecule has 0 aliphatic heterocycles. The van der Waals surface area contributed by atoms with E-state index in [1.54, 1.807) is 18.2 Å². The van der Waals surface area contributed by atoms with Crippen molar-refractivity contribution in [2.24, 2.45) is 0 Å². The van der Waals surface area contributed by atoms with Gasteiger partial charge in [-0.05, 0) is 35.8 Å².